The molecule has 5 nitrogen and oxygen atoms in total. The summed E-state index contributed by atoms with van der Waals surface area (Å²) in [6.45, 7) is 2.93. The molecule has 2 rings (SSSR count). The molecule has 0 fully saturated rings. The van der Waals surface area contributed by atoms with Crippen molar-refractivity contribution in [3.8, 4) is 17.4 Å². The van der Waals surface area contributed by atoms with E-state index in [0.29, 0.717) is 11.9 Å². The molecule has 1 N–H and O–H groups in total. The number of nitrogens with one attached hydrogen (secondary N) is 1. The van der Waals surface area contributed by atoms with Crippen molar-refractivity contribution in [3.63, 3.8) is 0 Å². The van der Waals surface area contributed by atoms with Crippen LogP contribution in [0.5, 0.6) is 17.4 Å². The zero-order valence-electron chi connectivity index (χ0n) is 14.1. The molecule has 1 atom stereocenters. The first-order valence-electron chi connectivity index (χ1n) is 7.59. The Labute approximate surface area is 137 Å². The van der Waals surface area contributed by atoms with Gasteiger partial charge in [0.1, 0.15) is 0 Å². The number of ether oxygens (including phenoxy) is 3. The van der Waals surface area contributed by atoms with Crippen molar-refractivity contribution in [3.05, 3.63) is 47.7 Å². The summed E-state index contributed by atoms with van der Waals surface area (Å²) in [6.07, 6.45) is 2.66. The summed E-state index contributed by atoms with van der Waals surface area (Å²) in [4.78, 5) is 4.11. The molecule has 5 heteroatoms. The second-order valence-corrected chi connectivity index (χ2v) is 5.38. The molecule has 2 aromatic rings. The van der Waals surface area contributed by atoms with Crippen LogP contribution in [0.15, 0.2) is 36.5 Å². The molecule has 124 valence electrons. The number of aromatic nitrogens is 1. The third-order valence-corrected chi connectivity index (χ3v) is 3.65. The van der Waals surface area contributed by atoms with Gasteiger partial charge in [-0.25, -0.2) is 4.98 Å². The molecule has 0 bridgehead atoms. The molecule has 0 aliphatic heterocycles. The topological polar surface area (TPSA) is 52.6 Å². The van der Waals surface area contributed by atoms with E-state index in [9.17, 15) is 0 Å². The standard InChI is InChI=1S/C18H24N2O3/c1-13(20-12-15-7-8-19-18(11-15)23-4)9-14-5-6-16(21-2)17(10-14)22-3/h5-8,10-11,13,20H,9,12H2,1-4H3. The smallest absolute Gasteiger partial charge is 0.213 e. The van der Waals surface area contributed by atoms with Crippen molar-refractivity contribution >= 4 is 0 Å². The van der Waals surface area contributed by atoms with Gasteiger partial charge in [-0.1, -0.05) is 6.07 Å². The summed E-state index contributed by atoms with van der Waals surface area (Å²) in [5.41, 5.74) is 2.35. The van der Waals surface area contributed by atoms with Gasteiger partial charge in [0.15, 0.2) is 11.5 Å². The van der Waals surface area contributed by atoms with E-state index in [2.05, 4.69) is 23.3 Å². The molecule has 1 aromatic carbocycles. The van der Waals surface area contributed by atoms with Crippen LogP contribution in [0.2, 0.25) is 0 Å². The van der Waals surface area contributed by atoms with E-state index in [0.717, 1.165) is 30.0 Å². The summed E-state index contributed by atoms with van der Waals surface area (Å²) in [7, 11) is 4.92. The second kappa shape index (κ2) is 8.39. The summed E-state index contributed by atoms with van der Waals surface area (Å²) in [6, 6.07) is 10.3. The largest absolute Gasteiger partial charge is 0.493 e. The van der Waals surface area contributed by atoms with Crippen molar-refractivity contribution in [1.29, 1.82) is 0 Å². The Balaban J connectivity index is 1.92. The monoisotopic (exact) mass is 316 g/mol. The molecule has 0 amide bonds. The Kier molecular flexibility index (Phi) is 6.23. The van der Waals surface area contributed by atoms with Crippen molar-refractivity contribution < 1.29 is 14.2 Å². The van der Waals surface area contributed by atoms with Gasteiger partial charge in [-0.3, -0.25) is 0 Å². The van der Waals surface area contributed by atoms with Gasteiger partial charge in [-0.15, -0.1) is 0 Å². The lowest BCUT2D eigenvalue weighted by Gasteiger charge is -2.15. The van der Waals surface area contributed by atoms with Crippen molar-refractivity contribution in [1.82, 2.24) is 10.3 Å². The lowest BCUT2D eigenvalue weighted by molar-refractivity contribution is 0.354. The van der Waals surface area contributed by atoms with Crippen LogP contribution in [0.25, 0.3) is 0 Å². The molecule has 0 radical (unpaired) electrons. The van der Waals surface area contributed by atoms with E-state index in [1.807, 2.05) is 24.3 Å². The average Bonchev–Trinajstić information content (AvgIpc) is 2.60. The zero-order chi connectivity index (χ0) is 16.7. The predicted octanol–water partition coefficient (Wildman–Crippen LogP) is 2.83. The molecule has 0 saturated heterocycles. The van der Waals surface area contributed by atoms with Gasteiger partial charge in [0, 0.05) is 24.8 Å². The van der Waals surface area contributed by atoms with Gasteiger partial charge in [-0.2, -0.15) is 0 Å². The van der Waals surface area contributed by atoms with E-state index >= 15 is 0 Å². The maximum Gasteiger partial charge on any atom is 0.213 e. The highest BCUT2D eigenvalue weighted by molar-refractivity contribution is 5.43. The molecule has 0 spiro atoms. The number of nitrogens with zero attached hydrogens (tertiary/aromatic N) is 1. The Morgan fingerprint density at radius 2 is 1.74 bits per heavy atom. The average molecular weight is 316 g/mol. The van der Waals surface area contributed by atoms with Crippen LogP contribution in [0, 0.1) is 0 Å². The van der Waals surface area contributed by atoms with Gasteiger partial charge >= 0.3 is 0 Å². The van der Waals surface area contributed by atoms with Crippen LogP contribution in [-0.2, 0) is 13.0 Å². The lowest BCUT2D eigenvalue weighted by Crippen LogP contribution is -2.27. The molecular weight excluding hydrogens is 292 g/mol. The number of methoxy groups -OCH3 is 3. The minimum Gasteiger partial charge on any atom is -0.493 e. The zero-order valence-corrected chi connectivity index (χ0v) is 14.1. The first-order chi connectivity index (χ1) is 11.2. The van der Waals surface area contributed by atoms with Crippen molar-refractivity contribution in [2.75, 3.05) is 21.3 Å². The van der Waals surface area contributed by atoms with Crippen LogP contribution in [0.3, 0.4) is 0 Å². The highest BCUT2D eigenvalue weighted by Crippen LogP contribution is 2.27. The van der Waals surface area contributed by atoms with Gasteiger partial charge < -0.3 is 19.5 Å². The first kappa shape index (κ1) is 17.1. The van der Waals surface area contributed by atoms with Crippen LogP contribution in [0.4, 0.5) is 0 Å². The summed E-state index contributed by atoms with van der Waals surface area (Å²) in [5, 5.41) is 3.51. The molecule has 23 heavy (non-hydrogen) atoms. The molecule has 0 aliphatic rings. The molecule has 0 aliphatic carbocycles. The van der Waals surface area contributed by atoms with Gasteiger partial charge in [-0.05, 0) is 42.7 Å². The number of rotatable bonds is 8. The molecule has 1 aromatic heterocycles. The predicted molar refractivity (Wildman–Crippen MR) is 90.3 cm³/mol. The maximum absolute atomic E-state index is 5.35. The summed E-state index contributed by atoms with van der Waals surface area (Å²) in [5.74, 6) is 2.15. The minimum atomic E-state index is 0.326. The number of pyridine rings is 1. The fourth-order valence-corrected chi connectivity index (χ4v) is 2.40. The number of hydrogen-bond donors (Lipinski definition) is 1. The molecule has 0 saturated carbocycles. The van der Waals surface area contributed by atoms with Crippen molar-refractivity contribution in [2.45, 2.75) is 25.9 Å². The number of hydrogen-bond acceptors (Lipinski definition) is 5. The van der Waals surface area contributed by atoms with Gasteiger partial charge in [0.25, 0.3) is 0 Å². The highest BCUT2D eigenvalue weighted by atomic mass is 16.5. The van der Waals surface area contributed by atoms with Crippen LogP contribution in [-0.4, -0.2) is 32.4 Å². The summed E-state index contributed by atoms with van der Waals surface area (Å²) >= 11 is 0. The van der Waals surface area contributed by atoms with Crippen LogP contribution < -0.4 is 19.5 Å². The molecular formula is C18H24N2O3. The van der Waals surface area contributed by atoms with E-state index in [1.165, 1.54) is 5.56 Å². The van der Waals surface area contributed by atoms with Gasteiger partial charge in [0.2, 0.25) is 5.88 Å². The number of benzene rings is 1. The van der Waals surface area contributed by atoms with E-state index < -0.39 is 0 Å². The van der Waals surface area contributed by atoms with Crippen LogP contribution >= 0.6 is 0 Å². The molecule has 1 unspecified atom stereocenters. The Morgan fingerprint density at radius 3 is 2.43 bits per heavy atom. The second-order valence-electron chi connectivity index (χ2n) is 5.38. The third kappa shape index (κ3) is 4.86. The lowest BCUT2D eigenvalue weighted by atomic mass is 10.1. The van der Waals surface area contributed by atoms with Gasteiger partial charge in [0.05, 0.1) is 21.3 Å². The minimum absolute atomic E-state index is 0.326. The van der Waals surface area contributed by atoms with E-state index in [-0.39, 0.29) is 0 Å². The normalized spacial score (nSPS) is 11.8. The molecule has 1 heterocycles. The maximum atomic E-state index is 5.35. The fourth-order valence-electron chi connectivity index (χ4n) is 2.40. The van der Waals surface area contributed by atoms with Crippen LogP contribution in [0.1, 0.15) is 18.1 Å². The first-order valence-corrected chi connectivity index (χ1v) is 7.59. The van der Waals surface area contributed by atoms with E-state index in [4.69, 9.17) is 14.2 Å². The Bertz CT molecular complexity index is 631. The highest BCUT2D eigenvalue weighted by Gasteiger charge is 2.08. The summed E-state index contributed by atoms with van der Waals surface area (Å²) < 4.78 is 15.8. The quantitative estimate of drug-likeness (QED) is 0.811. The van der Waals surface area contributed by atoms with Crippen molar-refractivity contribution in [2.24, 2.45) is 0 Å². The SMILES string of the molecule is COc1cc(CNC(C)Cc2ccc(OC)c(OC)c2)ccn1. The third-order valence-electron chi connectivity index (χ3n) is 3.65. The Morgan fingerprint density at radius 1 is 0.957 bits per heavy atom. The fraction of sp³-hybridized carbons (Fsp3) is 0.389. The Hall–Kier alpha value is -2.27. The van der Waals surface area contributed by atoms with E-state index in [1.54, 1.807) is 27.5 Å².